The summed E-state index contributed by atoms with van der Waals surface area (Å²) in [5.74, 6) is 0. The maximum atomic E-state index is 11.4. The van der Waals surface area contributed by atoms with Crippen LogP contribution in [0.1, 0.15) is 26.5 Å². The van der Waals surface area contributed by atoms with Gasteiger partial charge in [0.1, 0.15) is 5.60 Å². The predicted octanol–water partition coefficient (Wildman–Crippen LogP) is 1.12. The monoisotopic (exact) mass is 197 g/mol. The Morgan fingerprint density at radius 3 is 2.71 bits per heavy atom. The number of hydrogen-bond acceptors (Lipinski definition) is 4. The molecule has 0 saturated carbocycles. The van der Waals surface area contributed by atoms with Crippen LogP contribution in [0, 0.1) is 0 Å². The first-order chi connectivity index (χ1) is 6.42. The van der Waals surface area contributed by atoms with Crippen molar-refractivity contribution in [2.75, 3.05) is 0 Å². The second-order valence-electron chi connectivity index (χ2n) is 3.94. The molecule has 78 valence electrons. The van der Waals surface area contributed by atoms with Gasteiger partial charge in [-0.2, -0.15) is 9.78 Å². The van der Waals surface area contributed by atoms with Gasteiger partial charge < -0.3 is 10.5 Å². The Balaban J connectivity index is 2.70. The molecule has 0 atom stereocenters. The van der Waals surface area contributed by atoms with Crippen molar-refractivity contribution in [3.63, 3.8) is 0 Å². The van der Waals surface area contributed by atoms with Crippen molar-refractivity contribution in [2.45, 2.75) is 32.9 Å². The van der Waals surface area contributed by atoms with E-state index >= 15 is 0 Å². The summed E-state index contributed by atoms with van der Waals surface area (Å²) in [6.07, 6.45) is 1.05. The zero-order chi connectivity index (χ0) is 10.8. The Morgan fingerprint density at radius 1 is 1.64 bits per heavy atom. The number of carbonyl (C=O) groups is 1. The quantitative estimate of drug-likeness (QED) is 0.732. The average molecular weight is 197 g/mol. The topological polar surface area (TPSA) is 70.1 Å². The van der Waals surface area contributed by atoms with Crippen LogP contribution in [0.4, 0.5) is 4.79 Å². The average Bonchev–Trinajstić information content (AvgIpc) is 2.48. The Bertz CT molecular complexity index is 325. The largest absolute Gasteiger partial charge is 0.442 e. The van der Waals surface area contributed by atoms with E-state index in [1.54, 1.807) is 26.8 Å². The van der Waals surface area contributed by atoms with E-state index in [1.807, 2.05) is 0 Å². The van der Waals surface area contributed by atoms with Gasteiger partial charge in [-0.05, 0) is 26.8 Å². The van der Waals surface area contributed by atoms with Crippen LogP contribution >= 0.6 is 0 Å². The van der Waals surface area contributed by atoms with Crippen molar-refractivity contribution in [3.05, 3.63) is 18.0 Å². The Morgan fingerprint density at radius 2 is 2.29 bits per heavy atom. The van der Waals surface area contributed by atoms with Crippen molar-refractivity contribution in [3.8, 4) is 0 Å². The third kappa shape index (κ3) is 2.85. The van der Waals surface area contributed by atoms with Crippen LogP contribution in [0.15, 0.2) is 12.3 Å². The molecular weight excluding hydrogens is 182 g/mol. The SMILES string of the molecule is CC(C)(C)OC(=O)n1ccc(CN)n1. The molecule has 0 aromatic carbocycles. The summed E-state index contributed by atoms with van der Waals surface area (Å²) in [7, 11) is 0. The van der Waals surface area contributed by atoms with E-state index in [4.69, 9.17) is 10.5 Å². The molecular formula is C9H15N3O2. The highest BCUT2D eigenvalue weighted by atomic mass is 16.6. The molecule has 0 aliphatic rings. The first-order valence-corrected chi connectivity index (χ1v) is 4.40. The summed E-state index contributed by atoms with van der Waals surface area (Å²) in [5.41, 5.74) is 5.52. The molecule has 5 nitrogen and oxygen atoms in total. The summed E-state index contributed by atoms with van der Waals surface area (Å²) < 4.78 is 6.25. The Hall–Kier alpha value is -1.36. The lowest BCUT2D eigenvalue weighted by Crippen LogP contribution is -2.27. The maximum absolute atomic E-state index is 11.4. The van der Waals surface area contributed by atoms with Crippen LogP contribution in [0.3, 0.4) is 0 Å². The van der Waals surface area contributed by atoms with Gasteiger partial charge in [0.15, 0.2) is 0 Å². The lowest BCUT2D eigenvalue weighted by Gasteiger charge is -2.18. The van der Waals surface area contributed by atoms with E-state index in [9.17, 15) is 4.79 Å². The van der Waals surface area contributed by atoms with Gasteiger partial charge in [0, 0.05) is 12.7 Å². The summed E-state index contributed by atoms with van der Waals surface area (Å²) in [4.78, 5) is 11.4. The number of nitrogens with zero attached hydrogens (tertiary/aromatic N) is 2. The molecule has 0 aliphatic carbocycles. The van der Waals surface area contributed by atoms with E-state index in [-0.39, 0.29) is 0 Å². The summed E-state index contributed by atoms with van der Waals surface area (Å²) in [6, 6.07) is 1.68. The summed E-state index contributed by atoms with van der Waals surface area (Å²) in [5, 5.41) is 3.93. The van der Waals surface area contributed by atoms with Crippen LogP contribution in [0.5, 0.6) is 0 Å². The maximum Gasteiger partial charge on any atom is 0.435 e. The number of ether oxygens (including phenoxy) is 1. The van der Waals surface area contributed by atoms with Gasteiger partial charge in [-0.25, -0.2) is 4.79 Å². The second kappa shape index (κ2) is 3.79. The van der Waals surface area contributed by atoms with E-state index in [1.165, 1.54) is 6.20 Å². The molecule has 0 bridgehead atoms. The second-order valence-corrected chi connectivity index (χ2v) is 3.94. The fourth-order valence-corrected chi connectivity index (χ4v) is 0.881. The Kier molecular flexibility index (Phi) is 2.90. The smallest absolute Gasteiger partial charge is 0.435 e. The molecule has 0 amide bonds. The van der Waals surface area contributed by atoms with Gasteiger partial charge >= 0.3 is 6.09 Å². The van der Waals surface area contributed by atoms with Crippen LogP contribution in [0.2, 0.25) is 0 Å². The lowest BCUT2D eigenvalue weighted by molar-refractivity contribution is 0.0514. The van der Waals surface area contributed by atoms with Crippen LogP contribution < -0.4 is 5.73 Å². The lowest BCUT2D eigenvalue weighted by atomic mass is 10.2. The van der Waals surface area contributed by atoms with E-state index in [2.05, 4.69) is 5.10 Å². The molecule has 0 fully saturated rings. The number of nitrogens with two attached hydrogens (primary N) is 1. The van der Waals surface area contributed by atoms with Crippen LogP contribution in [-0.2, 0) is 11.3 Å². The van der Waals surface area contributed by atoms with Crippen molar-refractivity contribution in [2.24, 2.45) is 5.73 Å². The number of aromatic nitrogens is 2. The van der Waals surface area contributed by atoms with E-state index in [0.29, 0.717) is 12.2 Å². The normalized spacial score (nSPS) is 11.4. The zero-order valence-corrected chi connectivity index (χ0v) is 8.65. The zero-order valence-electron chi connectivity index (χ0n) is 8.65. The van der Waals surface area contributed by atoms with Crippen molar-refractivity contribution in [1.29, 1.82) is 0 Å². The highest BCUT2D eigenvalue weighted by Gasteiger charge is 2.18. The van der Waals surface area contributed by atoms with Gasteiger partial charge in [0.05, 0.1) is 5.69 Å². The number of carbonyl (C=O) groups excluding carboxylic acids is 1. The molecule has 1 aromatic rings. The highest BCUT2D eigenvalue weighted by molar-refractivity contribution is 5.69. The van der Waals surface area contributed by atoms with Crippen LogP contribution in [0.25, 0.3) is 0 Å². The molecule has 0 spiro atoms. The van der Waals surface area contributed by atoms with Crippen molar-refractivity contribution >= 4 is 6.09 Å². The predicted molar refractivity (Wildman–Crippen MR) is 51.8 cm³/mol. The molecule has 1 heterocycles. The molecule has 5 heteroatoms. The van der Waals surface area contributed by atoms with E-state index < -0.39 is 11.7 Å². The van der Waals surface area contributed by atoms with Crippen molar-refractivity contribution in [1.82, 2.24) is 9.78 Å². The molecule has 1 aromatic heterocycles. The van der Waals surface area contributed by atoms with Gasteiger partial charge in [0.2, 0.25) is 0 Å². The third-order valence-corrected chi connectivity index (χ3v) is 1.43. The first kappa shape index (κ1) is 10.7. The Labute approximate surface area is 82.8 Å². The fraction of sp³-hybridized carbons (Fsp3) is 0.556. The molecule has 1 rings (SSSR count). The molecule has 2 N–H and O–H groups in total. The minimum absolute atomic E-state index is 0.315. The molecule has 0 saturated heterocycles. The minimum Gasteiger partial charge on any atom is -0.442 e. The van der Waals surface area contributed by atoms with Gasteiger partial charge in [-0.15, -0.1) is 0 Å². The fourth-order valence-electron chi connectivity index (χ4n) is 0.881. The van der Waals surface area contributed by atoms with E-state index in [0.717, 1.165) is 4.68 Å². The van der Waals surface area contributed by atoms with Crippen LogP contribution in [-0.4, -0.2) is 21.5 Å². The molecule has 14 heavy (non-hydrogen) atoms. The first-order valence-electron chi connectivity index (χ1n) is 4.40. The molecule has 0 aliphatic heterocycles. The number of rotatable bonds is 1. The summed E-state index contributed by atoms with van der Waals surface area (Å²) in [6.45, 7) is 5.73. The standard InChI is InChI=1S/C9H15N3O2/c1-9(2,3)14-8(13)12-5-4-7(6-10)11-12/h4-5H,6,10H2,1-3H3. The summed E-state index contributed by atoms with van der Waals surface area (Å²) >= 11 is 0. The molecule has 0 radical (unpaired) electrons. The van der Waals surface area contributed by atoms with Gasteiger partial charge in [-0.1, -0.05) is 0 Å². The van der Waals surface area contributed by atoms with Gasteiger partial charge in [0.25, 0.3) is 0 Å². The van der Waals surface area contributed by atoms with Gasteiger partial charge in [-0.3, -0.25) is 0 Å². The third-order valence-electron chi connectivity index (χ3n) is 1.43. The number of hydrogen-bond donors (Lipinski definition) is 1. The minimum atomic E-state index is -0.508. The molecule has 0 unspecified atom stereocenters. The van der Waals surface area contributed by atoms with Crippen molar-refractivity contribution < 1.29 is 9.53 Å². The highest BCUT2D eigenvalue weighted by Crippen LogP contribution is 2.08.